The first-order valence-electron chi connectivity index (χ1n) is 5.25. The van der Waals surface area contributed by atoms with Gasteiger partial charge in [0.1, 0.15) is 12.4 Å². The highest BCUT2D eigenvalue weighted by Crippen LogP contribution is 2.27. The smallest absolute Gasteiger partial charge is 0.138 e. The second-order valence-corrected chi connectivity index (χ2v) is 5.58. The zero-order chi connectivity index (χ0) is 13.0. The molecule has 1 aromatic heterocycles. The van der Waals surface area contributed by atoms with Gasteiger partial charge < -0.3 is 4.74 Å². The Balaban J connectivity index is 2.06. The summed E-state index contributed by atoms with van der Waals surface area (Å²) in [4.78, 5) is 4.08. The van der Waals surface area contributed by atoms with Gasteiger partial charge in [-0.1, -0.05) is 33.6 Å². The van der Waals surface area contributed by atoms with Gasteiger partial charge in [0.25, 0.3) is 0 Å². The third-order valence-corrected chi connectivity index (χ3v) is 3.68. The van der Waals surface area contributed by atoms with E-state index in [9.17, 15) is 0 Å². The summed E-state index contributed by atoms with van der Waals surface area (Å²) in [5, 5.41) is 1.40. The van der Waals surface area contributed by atoms with Crippen LogP contribution < -0.4 is 4.74 Å². The number of benzene rings is 1. The van der Waals surface area contributed by atoms with E-state index in [0.29, 0.717) is 17.4 Å². The Labute approximate surface area is 128 Å². The van der Waals surface area contributed by atoms with Crippen molar-refractivity contribution in [2.45, 2.75) is 11.9 Å². The first-order valence-corrected chi connectivity index (χ1v) is 7.55. The number of nitrogens with zero attached hydrogens (tertiary/aromatic N) is 1. The van der Waals surface area contributed by atoms with Crippen molar-refractivity contribution in [3.05, 3.63) is 57.3 Å². The number of hydrogen-bond acceptors (Lipinski definition) is 2. The van der Waals surface area contributed by atoms with Crippen molar-refractivity contribution in [1.29, 1.82) is 0 Å². The minimum Gasteiger partial charge on any atom is -0.487 e. The van der Waals surface area contributed by atoms with E-state index in [1.165, 1.54) is 0 Å². The van der Waals surface area contributed by atoms with Crippen molar-refractivity contribution in [3.8, 4) is 5.75 Å². The molecule has 1 heterocycles. The lowest BCUT2D eigenvalue weighted by Gasteiger charge is -2.09. The Morgan fingerprint density at radius 1 is 1.17 bits per heavy atom. The van der Waals surface area contributed by atoms with E-state index in [1.807, 2.05) is 24.3 Å². The summed E-state index contributed by atoms with van der Waals surface area (Å²) < 4.78 is 6.60. The van der Waals surface area contributed by atoms with Crippen LogP contribution in [0.2, 0.25) is 5.02 Å². The van der Waals surface area contributed by atoms with E-state index in [4.69, 9.17) is 16.3 Å². The highest BCUT2D eigenvalue weighted by Gasteiger charge is 2.03. The summed E-state index contributed by atoms with van der Waals surface area (Å²) in [6.45, 7) is 0.444. The van der Waals surface area contributed by atoms with Crippen molar-refractivity contribution < 1.29 is 4.74 Å². The molecular weight excluding hydrogens is 381 g/mol. The molecule has 1 aromatic carbocycles. The van der Waals surface area contributed by atoms with Crippen LogP contribution in [0.3, 0.4) is 0 Å². The molecule has 2 rings (SSSR count). The topological polar surface area (TPSA) is 22.1 Å². The number of rotatable bonds is 4. The molecule has 0 N–H and O–H groups in total. The highest BCUT2D eigenvalue weighted by molar-refractivity contribution is 9.10. The summed E-state index contributed by atoms with van der Waals surface area (Å²) in [6, 6.07) is 7.72. The number of alkyl halides is 1. The van der Waals surface area contributed by atoms with Gasteiger partial charge in [-0.05, 0) is 39.7 Å². The average molecular weight is 391 g/mol. The Morgan fingerprint density at radius 3 is 2.67 bits per heavy atom. The molecule has 2 aromatic rings. The van der Waals surface area contributed by atoms with Crippen molar-refractivity contribution in [2.24, 2.45) is 0 Å². The van der Waals surface area contributed by atoms with Gasteiger partial charge in [0, 0.05) is 27.8 Å². The molecule has 0 saturated heterocycles. The van der Waals surface area contributed by atoms with E-state index < -0.39 is 0 Å². The monoisotopic (exact) mass is 389 g/mol. The maximum Gasteiger partial charge on any atom is 0.138 e. The van der Waals surface area contributed by atoms with Gasteiger partial charge in [0.15, 0.2) is 0 Å². The zero-order valence-electron chi connectivity index (χ0n) is 9.37. The summed E-state index contributed by atoms with van der Waals surface area (Å²) in [5.74, 6) is 0.682. The van der Waals surface area contributed by atoms with Crippen LogP contribution in [0.4, 0.5) is 0 Å². The molecule has 0 amide bonds. The van der Waals surface area contributed by atoms with Crippen LogP contribution in [0.5, 0.6) is 5.75 Å². The van der Waals surface area contributed by atoms with Crippen LogP contribution in [-0.4, -0.2) is 4.98 Å². The number of hydrogen-bond donors (Lipinski definition) is 0. The minimum atomic E-state index is 0.444. The van der Waals surface area contributed by atoms with Gasteiger partial charge in [-0.2, -0.15) is 0 Å². The van der Waals surface area contributed by atoms with Crippen LogP contribution in [0.15, 0.2) is 41.1 Å². The molecule has 0 bridgehead atoms. The molecule has 0 radical (unpaired) electrons. The van der Waals surface area contributed by atoms with Crippen LogP contribution in [0, 0.1) is 0 Å². The number of pyridine rings is 1. The minimum absolute atomic E-state index is 0.444. The van der Waals surface area contributed by atoms with Gasteiger partial charge in [-0.25, -0.2) is 0 Å². The summed E-state index contributed by atoms with van der Waals surface area (Å²) in [5.41, 5.74) is 2.11. The molecule has 94 valence electrons. The molecular formula is C13H10Br2ClNO. The van der Waals surface area contributed by atoms with Crippen molar-refractivity contribution in [1.82, 2.24) is 4.98 Å². The Kier molecular flexibility index (Phi) is 5.03. The molecule has 2 nitrogen and oxygen atoms in total. The molecule has 0 aliphatic carbocycles. The lowest BCUT2D eigenvalue weighted by atomic mass is 10.2. The molecule has 0 atom stereocenters. The second-order valence-electron chi connectivity index (χ2n) is 3.70. The Hall–Kier alpha value is -0.580. The number of ether oxygens (including phenoxy) is 1. The molecule has 0 unspecified atom stereocenters. The highest BCUT2D eigenvalue weighted by atomic mass is 79.9. The molecule has 5 heteroatoms. The maximum atomic E-state index is 6.13. The van der Waals surface area contributed by atoms with E-state index in [2.05, 4.69) is 36.8 Å². The molecule has 0 saturated carbocycles. The summed E-state index contributed by atoms with van der Waals surface area (Å²) in [7, 11) is 0. The fourth-order valence-corrected chi connectivity index (χ4v) is 2.46. The van der Waals surface area contributed by atoms with E-state index >= 15 is 0 Å². The Morgan fingerprint density at radius 2 is 2.00 bits per heavy atom. The van der Waals surface area contributed by atoms with Crippen LogP contribution >= 0.6 is 43.5 Å². The predicted octanol–water partition coefficient (Wildman–Crippen LogP) is 4.97. The largest absolute Gasteiger partial charge is 0.487 e. The second kappa shape index (κ2) is 6.55. The van der Waals surface area contributed by atoms with Crippen molar-refractivity contribution in [2.75, 3.05) is 0 Å². The predicted molar refractivity (Wildman–Crippen MR) is 80.4 cm³/mol. The molecule has 0 spiro atoms. The fourth-order valence-electron chi connectivity index (χ4n) is 1.44. The first kappa shape index (κ1) is 13.8. The van der Waals surface area contributed by atoms with Gasteiger partial charge in [-0.3, -0.25) is 4.98 Å². The van der Waals surface area contributed by atoms with E-state index in [1.54, 1.807) is 12.4 Å². The fraction of sp³-hybridized carbons (Fsp3) is 0.154. The lowest BCUT2D eigenvalue weighted by molar-refractivity contribution is 0.306. The van der Waals surface area contributed by atoms with Crippen LogP contribution in [0.25, 0.3) is 0 Å². The van der Waals surface area contributed by atoms with Crippen molar-refractivity contribution >= 4 is 43.5 Å². The van der Waals surface area contributed by atoms with E-state index in [-0.39, 0.29) is 0 Å². The molecule has 18 heavy (non-hydrogen) atoms. The third kappa shape index (κ3) is 3.70. The number of halogens is 3. The molecule has 0 aliphatic heterocycles. The summed E-state index contributed by atoms with van der Waals surface area (Å²) in [6.07, 6.45) is 3.51. The maximum absolute atomic E-state index is 6.13. The quantitative estimate of drug-likeness (QED) is 0.687. The Bertz CT molecular complexity index is 548. The van der Waals surface area contributed by atoms with Crippen molar-refractivity contribution in [3.63, 3.8) is 0 Å². The molecule has 0 fully saturated rings. The van der Waals surface area contributed by atoms with Crippen LogP contribution in [-0.2, 0) is 11.9 Å². The lowest BCUT2D eigenvalue weighted by Crippen LogP contribution is -1.97. The standard InChI is InChI=1S/C13H10Br2ClNO/c14-5-9-1-2-13(12(16)4-9)18-8-10-3-11(15)7-17-6-10/h1-4,6-7H,5,8H2. The summed E-state index contributed by atoms with van der Waals surface area (Å²) >= 11 is 12.9. The average Bonchev–Trinajstić information content (AvgIpc) is 2.37. The third-order valence-electron chi connectivity index (χ3n) is 2.31. The zero-order valence-corrected chi connectivity index (χ0v) is 13.3. The number of aromatic nitrogens is 1. The van der Waals surface area contributed by atoms with Gasteiger partial charge in [0.2, 0.25) is 0 Å². The van der Waals surface area contributed by atoms with Crippen LogP contribution in [0.1, 0.15) is 11.1 Å². The van der Waals surface area contributed by atoms with E-state index in [0.717, 1.165) is 20.9 Å². The van der Waals surface area contributed by atoms with Gasteiger partial charge in [0.05, 0.1) is 5.02 Å². The van der Waals surface area contributed by atoms with Gasteiger partial charge in [-0.15, -0.1) is 0 Å². The molecule has 0 aliphatic rings. The van der Waals surface area contributed by atoms with Gasteiger partial charge >= 0.3 is 0 Å². The first-order chi connectivity index (χ1) is 8.69. The SMILES string of the molecule is Clc1cc(CBr)ccc1OCc1cncc(Br)c1. The normalized spacial score (nSPS) is 10.4.